The fourth-order valence-corrected chi connectivity index (χ4v) is 4.04. The fourth-order valence-electron chi connectivity index (χ4n) is 3.84. The lowest BCUT2D eigenvalue weighted by molar-refractivity contribution is -0.144. The van der Waals surface area contributed by atoms with Crippen LogP contribution >= 0.6 is 11.6 Å². The number of nitrogens with two attached hydrogens (primary N) is 1. The van der Waals surface area contributed by atoms with Gasteiger partial charge in [-0.2, -0.15) is 0 Å². The zero-order valence-electron chi connectivity index (χ0n) is 18.9. The van der Waals surface area contributed by atoms with Crippen molar-refractivity contribution in [2.24, 2.45) is 5.73 Å². The number of allylic oxidation sites excluding steroid dienone is 2. The molecule has 4 N–H and O–H groups in total. The summed E-state index contributed by atoms with van der Waals surface area (Å²) in [5.74, 6) is -1.70. The lowest BCUT2D eigenvalue weighted by Crippen LogP contribution is -2.45. The standard InChI is InChI=1S/C26H27ClFN3O3/c1-34-26(33)22(15-16-9-11-20(28)12-10-16)31-25(32)24(30)21-8-3-2-6-18(23(21)29)13-17-5-4-7-19(27)14-17/h4-5,7,9-14,22,29H,2-3,6,8,15,30H2,1H3,(H,31,32)/b18-13+,24-21-,29-23?/t22-/m0/s1. The Morgan fingerprint density at radius 3 is 2.59 bits per heavy atom. The number of amides is 1. The molecule has 0 aliphatic heterocycles. The number of hydrogen-bond donors (Lipinski definition) is 3. The van der Waals surface area contributed by atoms with Crippen LogP contribution in [0.5, 0.6) is 0 Å². The number of halogens is 2. The van der Waals surface area contributed by atoms with Crippen LogP contribution in [-0.2, 0) is 20.7 Å². The zero-order chi connectivity index (χ0) is 24.7. The van der Waals surface area contributed by atoms with Gasteiger partial charge in [0, 0.05) is 17.0 Å². The maximum absolute atomic E-state index is 13.2. The molecule has 34 heavy (non-hydrogen) atoms. The molecular weight excluding hydrogens is 457 g/mol. The predicted molar refractivity (Wildman–Crippen MR) is 131 cm³/mol. The van der Waals surface area contributed by atoms with Gasteiger partial charge < -0.3 is 21.2 Å². The molecule has 1 saturated carbocycles. The predicted octanol–water partition coefficient (Wildman–Crippen LogP) is 4.57. The molecule has 0 saturated heterocycles. The van der Waals surface area contributed by atoms with Crippen LogP contribution in [0.4, 0.5) is 4.39 Å². The largest absolute Gasteiger partial charge is 0.467 e. The summed E-state index contributed by atoms with van der Waals surface area (Å²) >= 11 is 6.08. The van der Waals surface area contributed by atoms with Gasteiger partial charge in [-0.15, -0.1) is 0 Å². The van der Waals surface area contributed by atoms with Gasteiger partial charge in [0.25, 0.3) is 5.91 Å². The van der Waals surface area contributed by atoms with Gasteiger partial charge in [-0.1, -0.05) is 35.9 Å². The number of carbonyl (C=O) groups excluding carboxylic acids is 2. The number of hydrogen-bond acceptors (Lipinski definition) is 5. The van der Waals surface area contributed by atoms with Crippen LogP contribution in [0.2, 0.25) is 5.02 Å². The van der Waals surface area contributed by atoms with Crippen molar-refractivity contribution >= 4 is 35.3 Å². The molecule has 0 heterocycles. The molecule has 3 rings (SSSR count). The summed E-state index contributed by atoms with van der Waals surface area (Å²) in [5, 5.41) is 11.9. The van der Waals surface area contributed by atoms with Crippen LogP contribution in [0.3, 0.4) is 0 Å². The summed E-state index contributed by atoms with van der Waals surface area (Å²) in [6.07, 6.45) is 4.78. The van der Waals surface area contributed by atoms with Crippen molar-refractivity contribution < 1.29 is 18.7 Å². The summed E-state index contributed by atoms with van der Waals surface area (Å²) in [6, 6.07) is 11.9. The molecule has 6 nitrogen and oxygen atoms in total. The van der Waals surface area contributed by atoms with Crippen LogP contribution in [0.25, 0.3) is 6.08 Å². The molecule has 8 heteroatoms. The topological polar surface area (TPSA) is 105 Å². The second-order valence-corrected chi connectivity index (χ2v) is 8.52. The fraction of sp³-hybridized carbons (Fsp3) is 0.269. The van der Waals surface area contributed by atoms with E-state index in [1.807, 2.05) is 24.3 Å². The number of ether oxygens (including phenoxy) is 1. The molecule has 1 fully saturated rings. The highest BCUT2D eigenvalue weighted by Gasteiger charge is 2.26. The number of benzene rings is 2. The van der Waals surface area contributed by atoms with Gasteiger partial charge in [-0.3, -0.25) is 4.79 Å². The van der Waals surface area contributed by atoms with E-state index in [2.05, 4.69) is 5.32 Å². The molecule has 178 valence electrons. The third-order valence-corrected chi connectivity index (χ3v) is 5.88. The van der Waals surface area contributed by atoms with Crippen molar-refractivity contribution in [3.63, 3.8) is 0 Å². The van der Waals surface area contributed by atoms with Crippen molar-refractivity contribution in [3.05, 3.63) is 87.3 Å². The second kappa shape index (κ2) is 11.6. The van der Waals surface area contributed by atoms with Gasteiger partial charge in [0.2, 0.25) is 0 Å². The molecule has 1 aliphatic carbocycles. The first kappa shape index (κ1) is 25.2. The van der Waals surface area contributed by atoms with Crippen molar-refractivity contribution in [1.29, 1.82) is 5.41 Å². The molecule has 0 unspecified atom stereocenters. The van der Waals surface area contributed by atoms with E-state index in [1.54, 1.807) is 6.07 Å². The van der Waals surface area contributed by atoms with Crippen LogP contribution in [-0.4, -0.2) is 30.7 Å². The summed E-state index contributed by atoms with van der Waals surface area (Å²) in [5.41, 5.74) is 9.03. The summed E-state index contributed by atoms with van der Waals surface area (Å²) in [4.78, 5) is 25.3. The molecule has 2 aromatic carbocycles. The molecule has 0 radical (unpaired) electrons. The lowest BCUT2D eigenvalue weighted by atomic mass is 9.97. The summed E-state index contributed by atoms with van der Waals surface area (Å²) in [7, 11) is 1.22. The maximum atomic E-state index is 13.2. The average Bonchev–Trinajstić information content (AvgIpc) is 3.00. The first-order valence-electron chi connectivity index (χ1n) is 11.0. The van der Waals surface area contributed by atoms with E-state index in [9.17, 15) is 14.0 Å². The lowest BCUT2D eigenvalue weighted by Gasteiger charge is -2.18. The quantitative estimate of drug-likeness (QED) is 0.318. The van der Waals surface area contributed by atoms with Crippen molar-refractivity contribution in [2.45, 2.75) is 38.1 Å². The minimum atomic E-state index is -1.01. The minimum absolute atomic E-state index is 0.100. The zero-order valence-corrected chi connectivity index (χ0v) is 19.6. The van der Waals surface area contributed by atoms with Crippen molar-refractivity contribution in [1.82, 2.24) is 5.32 Å². The number of methoxy groups -OCH3 is 1. The van der Waals surface area contributed by atoms with Crippen LogP contribution in [0, 0.1) is 11.2 Å². The molecule has 1 atom stereocenters. The van der Waals surface area contributed by atoms with Crippen LogP contribution in [0.15, 0.2) is 65.4 Å². The molecule has 1 aliphatic rings. The van der Waals surface area contributed by atoms with Crippen LogP contribution in [0.1, 0.15) is 36.8 Å². The highest BCUT2D eigenvalue weighted by molar-refractivity contribution is 6.30. The average molecular weight is 484 g/mol. The van der Waals surface area contributed by atoms with Gasteiger partial charge in [0.1, 0.15) is 17.6 Å². The third-order valence-electron chi connectivity index (χ3n) is 5.65. The highest BCUT2D eigenvalue weighted by atomic mass is 35.5. The second-order valence-electron chi connectivity index (χ2n) is 8.08. The normalized spacial score (nSPS) is 17.6. The smallest absolute Gasteiger partial charge is 0.328 e. The van der Waals surface area contributed by atoms with Gasteiger partial charge in [-0.05, 0) is 72.7 Å². The molecular formula is C26H27ClFN3O3. The molecule has 0 spiro atoms. The van der Waals surface area contributed by atoms with Crippen LogP contribution < -0.4 is 11.1 Å². The van der Waals surface area contributed by atoms with E-state index < -0.39 is 23.7 Å². The Bertz CT molecular complexity index is 1140. The van der Waals surface area contributed by atoms with Gasteiger partial charge in [0.15, 0.2) is 0 Å². The first-order chi connectivity index (χ1) is 16.3. The Hall–Kier alpha value is -3.45. The number of esters is 1. The molecule has 0 bridgehead atoms. The Labute approximate surface area is 203 Å². The van der Waals surface area contributed by atoms with E-state index >= 15 is 0 Å². The number of nitrogens with one attached hydrogen (secondary N) is 2. The van der Waals surface area contributed by atoms with E-state index in [1.165, 1.54) is 31.4 Å². The van der Waals surface area contributed by atoms with E-state index in [0.29, 0.717) is 29.0 Å². The third kappa shape index (κ3) is 6.54. The maximum Gasteiger partial charge on any atom is 0.328 e. The summed E-state index contributed by atoms with van der Waals surface area (Å²) in [6.45, 7) is 0. The number of rotatable bonds is 6. The Kier molecular flexibility index (Phi) is 8.60. The Morgan fingerprint density at radius 1 is 1.21 bits per heavy atom. The Morgan fingerprint density at radius 2 is 1.91 bits per heavy atom. The van der Waals surface area contributed by atoms with Crippen molar-refractivity contribution in [3.8, 4) is 0 Å². The molecule has 1 amide bonds. The minimum Gasteiger partial charge on any atom is -0.467 e. The Balaban J connectivity index is 1.84. The van der Waals surface area contributed by atoms with E-state index in [-0.39, 0.29) is 17.8 Å². The van der Waals surface area contributed by atoms with E-state index in [4.69, 9.17) is 27.5 Å². The van der Waals surface area contributed by atoms with Gasteiger partial charge >= 0.3 is 5.97 Å². The molecule has 2 aromatic rings. The number of carbonyl (C=O) groups is 2. The van der Waals surface area contributed by atoms with Gasteiger partial charge in [0.05, 0.1) is 12.8 Å². The highest BCUT2D eigenvalue weighted by Crippen LogP contribution is 2.27. The summed E-state index contributed by atoms with van der Waals surface area (Å²) < 4.78 is 18.0. The van der Waals surface area contributed by atoms with E-state index in [0.717, 1.165) is 24.0 Å². The first-order valence-corrected chi connectivity index (χ1v) is 11.3. The van der Waals surface area contributed by atoms with Crippen molar-refractivity contribution in [2.75, 3.05) is 7.11 Å². The molecule has 0 aromatic heterocycles. The van der Waals surface area contributed by atoms with Gasteiger partial charge in [-0.25, -0.2) is 9.18 Å². The monoisotopic (exact) mass is 483 g/mol. The SMILES string of the molecule is COC(=O)[C@H](Cc1ccc(F)cc1)NC(=O)/C(N)=C1\CCCC/C(=C\c2cccc(Cl)c2)C1=N.